The number of nitrogens with zero attached hydrogens (tertiary/aromatic N) is 1. The van der Waals surface area contributed by atoms with Crippen molar-refractivity contribution in [2.75, 3.05) is 6.61 Å². The van der Waals surface area contributed by atoms with Gasteiger partial charge in [0, 0.05) is 19.0 Å². The number of halogens is 1. The van der Waals surface area contributed by atoms with Gasteiger partial charge in [-0.2, -0.15) is 5.26 Å². The molecule has 0 saturated heterocycles. The van der Waals surface area contributed by atoms with Gasteiger partial charge in [0.1, 0.15) is 0 Å². The maximum Gasteiger partial charge on any atom is 0.165 e. The van der Waals surface area contributed by atoms with Crippen LogP contribution in [0.5, 0.6) is 5.75 Å². The van der Waals surface area contributed by atoms with E-state index in [1.54, 1.807) is 6.07 Å². The molecule has 0 aromatic heterocycles. The Morgan fingerprint density at radius 3 is 2.79 bits per heavy atom. The van der Waals surface area contributed by atoms with Crippen LogP contribution >= 0.6 is 0 Å². The monoisotopic (exact) mass is 264 g/mol. The minimum atomic E-state index is -0.330. The zero-order valence-corrected chi connectivity index (χ0v) is 11.6. The molecule has 0 heterocycles. The Bertz CT molecular complexity index is 427. The predicted molar refractivity (Wildman–Crippen MR) is 73.3 cm³/mol. The number of benzene rings is 1. The Morgan fingerprint density at radius 1 is 1.37 bits per heavy atom. The standard InChI is InChI=1S/C15H21FN2O/c1-12(2)18-11-13-6-7-15(14(16)10-13)19-9-5-3-4-8-17/h6-7,10,12,18H,3-5,9,11H2,1-2H3. The Kier molecular flexibility index (Phi) is 6.91. The van der Waals surface area contributed by atoms with E-state index < -0.39 is 0 Å². The molecule has 19 heavy (non-hydrogen) atoms. The Morgan fingerprint density at radius 2 is 2.16 bits per heavy atom. The van der Waals surface area contributed by atoms with Crippen LogP contribution in [0.4, 0.5) is 4.39 Å². The average Bonchev–Trinajstić information content (AvgIpc) is 2.38. The van der Waals surface area contributed by atoms with Gasteiger partial charge < -0.3 is 10.1 Å². The summed E-state index contributed by atoms with van der Waals surface area (Å²) in [6, 6.07) is 7.47. The van der Waals surface area contributed by atoms with Crippen LogP contribution in [0.25, 0.3) is 0 Å². The number of nitriles is 1. The molecule has 0 aliphatic rings. The summed E-state index contributed by atoms with van der Waals surface area (Å²) in [6.07, 6.45) is 2.07. The fraction of sp³-hybridized carbons (Fsp3) is 0.533. The lowest BCUT2D eigenvalue weighted by Crippen LogP contribution is -2.21. The number of ether oxygens (including phenoxy) is 1. The Labute approximate surface area is 114 Å². The van der Waals surface area contributed by atoms with E-state index in [4.69, 9.17) is 10.00 Å². The number of nitrogens with one attached hydrogen (secondary N) is 1. The number of hydrogen-bond acceptors (Lipinski definition) is 3. The minimum absolute atomic E-state index is 0.283. The highest BCUT2D eigenvalue weighted by Crippen LogP contribution is 2.18. The van der Waals surface area contributed by atoms with Crippen LogP contribution in [0.1, 0.15) is 38.7 Å². The molecule has 1 aromatic carbocycles. The second-order valence-corrected chi connectivity index (χ2v) is 4.76. The van der Waals surface area contributed by atoms with Crippen molar-refractivity contribution in [3.05, 3.63) is 29.6 Å². The van der Waals surface area contributed by atoms with E-state index >= 15 is 0 Å². The van der Waals surface area contributed by atoms with Crippen molar-refractivity contribution < 1.29 is 9.13 Å². The summed E-state index contributed by atoms with van der Waals surface area (Å²) < 4.78 is 19.1. The van der Waals surface area contributed by atoms with Crippen LogP contribution in [0.3, 0.4) is 0 Å². The largest absolute Gasteiger partial charge is 0.491 e. The summed E-state index contributed by atoms with van der Waals surface area (Å²) in [5, 5.41) is 11.6. The molecule has 0 fully saturated rings. The maximum absolute atomic E-state index is 13.7. The molecule has 1 rings (SSSR count). The number of rotatable bonds is 8. The lowest BCUT2D eigenvalue weighted by atomic mass is 10.2. The predicted octanol–water partition coefficient (Wildman–Crippen LogP) is 3.40. The van der Waals surface area contributed by atoms with Gasteiger partial charge in [0.15, 0.2) is 11.6 Å². The van der Waals surface area contributed by atoms with Crippen molar-refractivity contribution in [2.45, 2.75) is 45.7 Å². The van der Waals surface area contributed by atoms with Gasteiger partial charge in [-0.1, -0.05) is 19.9 Å². The van der Waals surface area contributed by atoms with Crippen molar-refractivity contribution in [3.8, 4) is 11.8 Å². The van der Waals surface area contributed by atoms with Crippen molar-refractivity contribution in [1.29, 1.82) is 5.26 Å². The molecule has 1 N–H and O–H groups in total. The van der Waals surface area contributed by atoms with Crippen LogP contribution in [0.2, 0.25) is 0 Å². The van der Waals surface area contributed by atoms with Crippen LogP contribution < -0.4 is 10.1 Å². The lowest BCUT2D eigenvalue weighted by Gasteiger charge is -2.10. The van der Waals surface area contributed by atoms with Gasteiger partial charge in [-0.25, -0.2) is 4.39 Å². The summed E-state index contributed by atoms with van der Waals surface area (Å²) >= 11 is 0. The van der Waals surface area contributed by atoms with Crippen LogP contribution in [-0.4, -0.2) is 12.6 Å². The maximum atomic E-state index is 13.7. The second kappa shape index (κ2) is 8.49. The molecule has 3 nitrogen and oxygen atoms in total. The number of hydrogen-bond donors (Lipinski definition) is 1. The highest BCUT2D eigenvalue weighted by atomic mass is 19.1. The normalized spacial score (nSPS) is 10.5. The average molecular weight is 264 g/mol. The molecule has 0 atom stereocenters. The zero-order valence-electron chi connectivity index (χ0n) is 11.6. The van der Waals surface area contributed by atoms with Gasteiger partial charge in [0.2, 0.25) is 0 Å². The quantitative estimate of drug-likeness (QED) is 0.732. The van der Waals surface area contributed by atoms with Crippen molar-refractivity contribution in [3.63, 3.8) is 0 Å². The van der Waals surface area contributed by atoms with Crippen LogP contribution in [0, 0.1) is 17.1 Å². The van der Waals surface area contributed by atoms with E-state index in [1.165, 1.54) is 6.07 Å². The molecule has 0 radical (unpaired) electrons. The van der Waals surface area contributed by atoms with Gasteiger partial charge in [0.05, 0.1) is 12.7 Å². The third-order valence-electron chi connectivity index (χ3n) is 2.65. The molecule has 0 bridgehead atoms. The first kappa shape index (κ1) is 15.5. The third-order valence-corrected chi connectivity index (χ3v) is 2.65. The fourth-order valence-electron chi connectivity index (χ4n) is 1.58. The first-order chi connectivity index (χ1) is 9.13. The highest BCUT2D eigenvalue weighted by molar-refractivity contribution is 5.29. The summed E-state index contributed by atoms with van der Waals surface area (Å²) in [7, 11) is 0. The molecular formula is C15H21FN2O. The highest BCUT2D eigenvalue weighted by Gasteiger charge is 2.05. The van der Waals surface area contributed by atoms with Crippen LogP contribution in [0.15, 0.2) is 18.2 Å². The smallest absolute Gasteiger partial charge is 0.165 e. The van der Waals surface area contributed by atoms with E-state index in [0.717, 1.165) is 18.4 Å². The van der Waals surface area contributed by atoms with Gasteiger partial charge in [-0.3, -0.25) is 0 Å². The van der Waals surface area contributed by atoms with E-state index in [-0.39, 0.29) is 11.6 Å². The Balaban J connectivity index is 2.41. The molecule has 1 aromatic rings. The van der Waals surface area contributed by atoms with Gasteiger partial charge in [-0.05, 0) is 30.5 Å². The van der Waals surface area contributed by atoms with Gasteiger partial charge in [-0.15, -0.1) is 0 Å². The van der Waals surface area contributed by atoms with E-state index in [0.29, 0.717) is 25.6 Å². The second-order valence-electron chi connectivity index (χ2n) is 4.76. The first-order valence-corrected chi connectivity index (χ1v) is 6.65. The lowest BCUT2D eigenvalue weighted by molar-refractivity contribution is 0.292. The van der Waals surface area contributed by atoms with E-state index in [2.05, 4.69) is 25.2 Å². The molecule has 0 aliphatic carbocycles. The molecule has 4 heteroatoms. The fourth-order valence-corrected chi connectivity index (χ4v) is 1.58. The SMILES string of the molecule is CC(C)NCc1ccc(OCCCCC#N)c(F)c1. The minimum Gasteiger partial charge on any atom is -0.491 e. The molecular weight excluding hydrogens is 243 g/mol. The summed E-state index contributed by atoms with van der Waals surface area (Å²) in [6.45, 7) is 5.20. The zero-order chi connectivity index (χ0) is 14.1. The Hall–Kier alpha value is -1.60. The number of unbranched alkanes of at least 4 members (excludes halogenated alkanes) is 2. The van der Waals surface area contributed by atoms with Crippen LogP contribution in [-0.2, 0) is 6.54 Å². The van der Waals surface area contributed by atoms with Gasteiger partial charge in [0.25, 0.3) is 0 Å². The van der Waals surface area contributed by atoms with E-state index in [1.807, 2.05) is 6.07 Å². The van der Waals surface area contributed by atoms with Gasteiger partial charge >= 0.3 is 0 Å². The molecule has 0 saturated carbocycles. The van der Waals surface area contributed by atoms with E-state index in [9.17, 15) is 4.39 Å². The summed E-state index contributed by atoms with van der Waals surface area (Å²) in [5.41, 5.74) is 0.906. The molecule has 0 spiro atoms. The molecule has 0 aliphatic heterocycles. The topological polar surface area (TPSA) is 45.0 Å². The summed E-state index contributed by atoms with van der Waals surface area (Å²) in [5.74, 6) is -0.0476. The van der Waals surface area contributed by atoms with Crippen molar-refractivity contribution in [2.24, 2.45) is 0 Å². The van der Waals surface area contributed by atoms with Crippen molar-refractivity contribution >= 4 is 0 Å². The first-order valence-electron chi connectivity index (χ1n) is 6.65. The molecule has 0 unspecified atom stereocenters. The molecule has 0 amide bonds. The van der Waals surface area contributed by atoms with Crippen molar-refractivity contribution in [1.82, 2.24) is 5.32 Å². The third kappa shape index (κ3) is 6.21. The molecule has 104 valence electrons. The summed E-state index contributed by atoms with van der Waals surface area (Å²) in [4.78, 5) is 0.